The Morgan fingerprint density at radius 3 is 2.53 bits per heavy atom. The summed E-state index contributed by atoms with van der Waals surface area (Å²) in [5.74, 6) is -2.33. The highest BCUT2D eigenvalue weighted by atomic mass is 32.3. The lowest BCUT2D eigenvalue weighted by Gasteiger charge is -2.51. The fourth-order valence-corrected chi connectivity index (χ4v) is 5.32. The molecule has 2 amide bonds. The number of thiazole rings is 1. The van der Waals surface area contributed by atoms with E-state index in [4.69, 9.17) is 21.0 Å². The Labute approximate surface area is 272 Å². The number of amides is 2. The highest BCUT2D eigenvalue weighted by Crippen LogP contribution is 2.33. The average molecular weight is 693 g/mol. The van der Waals surface area contributed by atoms with E-state index in [9.17, 15) is 32.5 Å². The molecule has 2 atom stereocenters. The van der Waals surface area contributed by atoms with Crippen molar-refractivity contribution in [1.82, 2.24) is 15.4 Å². The van der Waals surface area contributed by atoms with E-state index in [1.165, 1.54) is 19.2 Å². The Morgan fingerprint density at radius 1 is 1.26 bits per heavy atom. The van der Waals surface area contributed by atoms with Crippen molar-refractivity contribution in [2.45, 2.75) is 31.5 Å². The van der Waals surface area contributed by atoms with Gasteiger partial charge in [0.25, 0.3) is 23.7 Å². The van der Waals surface area contributed by atoms with Crippen LogP contribution < -0.4 is 31.4 Å². The minimum atomic E-state index is -5.27. The third-order valence-corrected chi connectivity index (χ3v) is 7.84. The maximum absolute atomic E-state index is 13.2. The van der Waals surface area contributed by atoms with E-state index in [-0.39, 0.29) is 10.8 Å². The van der Waals surface area contributed by atoms with Crippen molar-refractivity contribution in [3.63, 3.8) is 0 Å². The van der Waals surface area contributed by atoms with Gasteiger partial charge in [0.05, 0.1) is 25.3 Å². The molecule has 0 spiro atoms. The van der Waals surface area contributed by atoms with E-state index >= 15 is 0 Å². The van der Waals surface area contributed by atoms with Gasteiger partial charge in [0.15, 0.2) is 10.8 Å². The molecule has 20 heteroatoms. The lowest BCUT2D eigenvalue weighted by molar-refractivity contribution is -0.657. The fraction of sp³-hybridized carbons (Fsp3) is 0.333. The Hall–Kier alpha value is -4.89. The maximum atomic E-state index is 13.2. The number of aromatic nitrogens is 2. The first kappa shape index (κ1) is 35.0. The number of carboxylic acids is 1. The standard InChI is InChI=1S/C27H32N8O10S2/c1-27(2)22(24(37)35(27)45-47(40,41)42)32-23(36)21(18-14-46-26(29)31-18)33-44-19(25(38)39)13-43-17-6-4-15(5-7-17)16-8-11-34(3)20(12-16)30-10-9-28/h4-8,11-12,14,19,22H,9-10,13,28H2,1-3H3,(H5,29,31,32,36,38,39,40,41,42)/b33-21-/t19-,22?/m0/s1. The van der Waals surface area contributed by atoms with Crippen molar-refractivity contribution in [1.29, 1.82) is 0 Å². The number of β-lactam (4-membered cyclic amide) rings is 1. The molecule has 0 aliphatic carbocycles. The first-order valence-electron chi connectivity index (χ1n) is 13.8. The molecule has 0 radical (unpaired) electrons. The van der Waals surface area contributed by atoms with Crippen LogP contribution in [0.25, 0.3) is 11.1 Å². The number of aliphatic carboxylic acids is 1. The van der Waals surface area contributed by atoms with Gasteiger partial charge in [-0.1, -0.05) is 17.3 Å². The molecule has 252 valence electrons. The number of carbonyl (C=O) groups is 3. The maximum Gasteiger partial charge on any atom is 0.351 e. The van der Waals surface area contributed by atoms with Crippen molar-refractivity contribution >= 4 is 56.2 Å². The second-order valence-corrected chi connectivity index (χ2v) is 12.4. The number of ether oxygens (including phenoxy) is 1. The smallest absolute Gasteiger partial charge is 0.351 e. The number of nitrogens with two attached hydrogens (primary N) is 2. The molecule has 18 nitrogen and oxygen atoms in total. The highest BCUT2D eigenvalue weighted by Gasteiger charge is 2.57. The van der Waals surface area contributed by atoms with Gasteiger partial charge in [0.2, 0.25) is 10.4 Å². The number of hydrogen-bond acceptors (Lipinski definition) is 15. The van der Waals surface area contributed by atoms with Gasteiger partial charge in [-0.05, 0) is 43.2 Å². The lowest BCUT2D eigenvalue weighted by atomic mass is 9.84. The van der Waals surface area contributed by atoms with E-state index in [0.717, 1.165) is 28.3 Å². The Bertz CT molecular complexity index is 1780. The Balaban J connectivity index is 1.45. The van der Waals surface area contributed by atoms with E-state index in [0.29, 0.717) is 23.9 Å². The van der Waals surface area contributed by atoms with Crippen molar-refractivity contribution in [2.75, 3.05) is 30.7 Å². The zero-order valence-electron chi connectivity index (χ0n) is 25.3. The van der Waals surface area contributed by atoms with E-state index in [1.54, 1.807) is 24.3 Å². The largest absolute Gasteiger partial charge is 0.724 e. The number of anilines is 2. The molecular weight excluding hydrogens is 660 g/mol. The van der Waals surface area contributed by atoms with Gasteiger partial charge in [0.1, 0.15) is 24.1 Å². The molecule has 3 aromatic rings. The van der Waals surface area contributed by atoms with Crippen LogP contribution in [-0.4, -0.2) is 89.0 Å². The summed E-state index contributed by atoms with van der Waals surface area (Å²) in [5, 5.41) is 20.7. The number of oxime groups is 1. The van der Waals surface area contributed by atoms with Crippen LogP contribution in [0.1, 0.15) is 19.5 Å². The summed E-state index contributed by atoms with van der Waals surface area (Å²) in [4.78, 5) is 46.8. The number of hydroxylamine groups is 2. The topological polar surface area (TPSA) is 265 Å². The molecule has 2 aromatic heterocycles. The first-order valence-corrected chi connectivity index (χ1v) is 16.0. The predicted molar refractivity (Wildman–Crippen MR) is 165 cm³/mol. The molecule has 0 saturated carbocycles. The number of nitrogen functional groups attached to an aromatic ring is 1. The monoisotopic (exact) mass is 692 g/mol. The second kappa shape index (κ2) is 14.3. The number of hydrogen-bond donors (Lipinski definition) is 5. The number of nitrogens with one attached hydrogen (secondary N) is 2. The number of benzene rings is 1. The highest BCUT2D eigenvalue weighted by molar-refractivity contribution is 7.80. The molecule has 1 fully saturated rings. The Kier molecular flexibility index (Phi) is 10.6. The number of aryl methyl sites for hydroxylation is 1. The minimum Gasteiger partial charge on any atom is -0.724 e. The van der Waals surface area contributed by atoms with Crippen LogP contribution in [-0.2, 0) is 41.0 Å². The number of nitrogens with zero attached hydrogens (tertiary/aromatic N) is 4. The molecule has 1 unspecified atom stereocenters. The van der Waals surface area contributed by atoms with Gasteiger partial charge in [-0.2, -0.15) is 9.35 Å². The van der Waals surface area contributed by atoms with Crippen molar-refractivity contribution in [2.24, 2.45) is 17.9 Å². The number of rotatable bonds is 15. The van der Waals surface area contributed by atoms with Gasteiger partial charge >= 0.3 is 5.97 Å². The van der Waals surface area contributed by atoms with Crippen LogP contribution in [0.2, 0.25) is 0 Å². The first-order chi connectivity index (χ1) is 22.1. The summed E-state index contributed by atoms with van der Waals surface area (Å²) < 4.78 is 44.7. The molecule has 1 aliphatic heterocycles. The van der Waals surface area contributed by atoms with Crippen LogP contribution in [0.3, 0.4) is 0 Å². The number of carboxylic acid groups (broad SMARTS) is 1. The van der Waals surface area contributed by atoms with Crippen LogP contribution in [0.5, 0.6) is 5.75 Å². The van der Waals surface area contributed by atoms with Crippen LogP contribution in [0, 0.1) is 0 Å². The SMILES string of the molecule is C[n+]1ccc(-c2ccc(OC[C@H](O/N=C(\C(=O)NC3C(=O)N(OS(=O)(=O)[O-])C3(C)C)c3csc(N)n3)C(=O)O)cc2)cc1NCCN. The van der Waals surface area contributed by atoms with E-state index in [2.05, 4.69) is 25.1 Å². The molecule has 7 N–H and O–H groups in total. The molecule has 4 rings (SSSR count). The van der Waals surface area contributed by atoms with Gasteiger partial charge in [0, 0.05) is 18.0 Å². The summed E-state index contributed by atoms with van der Waals surface area (Å²) in [5.41, 5.74) is 11.0. The van der Waals surface area contributed by atoms with Gasteiger partial charge in [-0.15, -0.1) is 11.3 Å². The lowest BCUT2D eigenvalue weighted by Crippen LogP contribution is -2.76. The summed E-state index contributed by atoms with van der Waals surface area (Å²) in [7, 11) is -3.37. The third kappa shape index (κ3) is 8.48. The van der Waals surface area contributed by atoms with Gasteiger partial charge in [-0.3, -0.25) is 14.9 Å². The third-order valence-electron chi connectivity index (χ3n) is 6.83. The molecular formula is C27H32N8O10S2. The zero-order valence-corrected chi connectivity index (χ0v) is 26.9. The van der Waals surface area contributed by atoms with Crippen molar-refractivity contribution in [3.05, 3.63) is 53.7 Å². The summed E-state index contributed by atoms with van der Waals surface area (Å²) in [6, 6.07) is 9.43. The van der Waals surface area contributed by atoms with Crippen LogP contribution in [0.4, 0.5) is 10.9 Å². The molecule has 1 aromatic carbocycles. The van der Waals surface area contributed by atoms with Crippen molar-refractivity contribution < 1.29 is 50.9 Å². The van der Waals surface area contributed by atoms with Gasteiger partial charge < -0.3 is 36.0 Å². The summed E-state index contributed by atoms with van der Waals surface area (Å²) >= 11 is 0.951. The number of pyridine rings is 1. The molecule has 1 aliphatic rings. The summed E-state index contributed by atoms with van der Waals surface area (Å²) in [6.45, 7) is 3.24. The zero-order chi connectivity index (χ0) is 34.5. The molecule has 0 bridgehead atoms. The average Bonchev–Trinajstić information content (AvgIpc) is 3.44. The summed E-state index contributed by atoms with van der Waals surface area (Å²) in [6.07, 6.45) is 0.213. The molecule has 3 heterocycles. The fourth-order valence-electron chi connectivity index (χ4n) is 4.32. The number of carbonyl (C=O) groups excluding carboxylic acids is 2. The van der Waals surface area contributed by atoms with Gasteiger partial charge in [-0.25, -0.2) is 22.8 Å². The van der Waals surface area contributed by atoms with Crippen LogP contribution in [0.15, 0.2) is 53.1 Å². The van der Waals surface area contributed by atoms with E-state index < -0.39 is 58.2 Å². The molecule has 1 saturated heterocycles. The predicted octanol–water partition coefficient (Wildman–Crippen LogP) is -0.662. The Morgan fingerprint density at radius 2 is 1.96 bits per heavy atom. The minimum absolute atomic E-state index is 0.0507. The van der Waals surface area contributed by atoms with Crippen LogP contribution >= 0.6 is 11.3 Å². The second-order valence-electron chi connectivity index (χ2n) is 10.6. The normalized spacial score (nSPS) is 16.6. The van der Waals surface area contributed by atoms with E-state index in [1.807, 2.05) is 29.9 Å². The quantitative estimate of drug-likeness (QED) is 0.0331. The molecule has 47 heavy (non-hydrogen) atoms. The van der Waals surface area contributed by atoms with Crippen molar-refractivity contribution in [3.8, 4) is 16.9 Å².